The Morgan fingerprint density at radius 2 is 1.95 bits per heavy atom. The number of aryl methyl sites for hydroxylation is 1. The van der Waals surface area contributed by atoms with Crippen molar-refractivity contribution in [3.8, 4) is 0 Å². The van der Waals surface area contributed by atoms with E-state index in [-0.39, 0.29) is 5.97 Å². The van der Waals surface area contributed by atoms with Gasteiger partial charge in [-0.05, 0) is 42.3 Å². The molecule has 3 nitrogen and oxygen atoms in total. The average Bonchev–Trinajstić information content (AvgIpc) is 2.91. The molecule has 0 radical (unpaired) electrons. The Hall–Kier alpha value is -2.81. The van der Waals surface area contributed by atoms with Crippen molar-refractivity contribution in [2.75, 3.05) is 0 Å². The van der Waals surface area contributed by atoms with Gasteiger partial charge in [0.15, 0.2) is 0 Å². The summed E-state index contributed by atoms with van der Waals surface area (Å²) in [5, 5.41) is 1.14. The van der Waals surface area contributed by atoms with Crippen LogP contribution in [0.3, 0.4) is 0 Å². The lowest BCUT2D eigenvalue weighted by Crippen LogP contribution is -2.00. The molecule has 3 rings (SSSR count). The van der Waals surface area contributed by atoms with E-state index < -0.39 is 0 Å². The molecular formula is C19H17NO2. The molecule has 0 bridgehead atoms. The largest absolute Gasteiger partial charge is 0.458 e. The van der Waals surface area contributed by atoms with Gasteiger partial charge in [-0.3, -0.25) is 0 Å². The zero-order valence-electron chi connectivity index (χ0n) is 12.4. The third kappa shape index (κ3) is 3.44. The fourth-order valence-corrected chi connectivity index (χ4v) is 2.34. The molecule has 110 valence electrons. The number of carbonyl (C=O) groups is 1. The van der Waals surface area contributed by atoms with E-state index in [4.69, 9.17) is 4.74 Å². The third-order valence-corrected chi connectivity index (χ3v) is 3.42. The predicted molar refractivity (Wildman–Crippen MR) is 88.3 cm³/mol. The molecule has 1 N–H and O–H groups in total. The molecule has 0 aliphatic heterocycles. The summed E-state index contributed by atoms with van der Waals surface area (Å²) in [5.74, 6) is -0.339. The molecule has 2 aromatic carbocycles. The van der Waals surface area contributed by atoms with E-state index in [2.05, 4.69) is 11.1 Å². The van der Waals surface area contributed by atoms with Gasteiger partial charge in [0.25, 0.3) is 0 Å². The number of hydrogen-bond donors (Lipinski definition) is 1. The van der Waals surface area contributed by atoms with Crippen LogP contribution in [0.4, 0.5) is 0 Å². The maximum atomic E-state index is 11.7. The first-order valence-corrected chi connectivity index (χ1v) is 7.19. The maximum absolute atomic E-state index is 11.7. The molecule has 0 saturated heterocycles. The number of H-pyrrole nitrogens is 1. The maximum Gasteiger partial charge on any atom is 0.331 e. The summed E-state index contributed by atoms with van der Waals surface area (Å²) in [4.78, 5) is 15.0. The highest BCUT2D eigenvalue weighted by Crippen LogP contribution is 2.17. The quantitative estimate of drug-likeness (QED) is 0.577. The monoisotopic (exact) mass is 291 g/mol. The molecule has 1 aromatic heterocycles. The van der Waals surface area contributed by atoms with Crippen LogP contribution in [-0.2, 0) is 16.1 Å². The molecule has 22 heavy (non-hydrogen) atoms. The van der Waals surface area contributed by atoms with Gasteiger partial charge >= 0.3 is 5.97 Å². The Kier molecular flexibility index (Phi) is 4.05. The van der Waals surface area contributed by atoms with E-state index in [0.717, 1.165) is 27.7 Å². The second-order valence-electron chi connectivity index (χ2n) is 5.23. The molecule has 0 spiro atoms. The number of esters is 1. The number of rotatable bonds is 4. The third-order valence-electron chi connectivity index (χ3n) is 3.42. The van der Waals surface area contributed by atoms with Crippen LogP contribution in [0.15, 0.2) is 60.7 Å². The first-order chi connectivity index (χ1) is 10.7. The Bertz CT molecular complexity index is 816. The van der Waals surface area contributed by atoms with Crippen molar-refractivity contribution in [2.45, 2.75) is 13.5 Å². The molecule has 1 heterocycles. The fourth-order valence-electron chi connectivity index (χ4n) is 2.34. The highest BCUT2D eigenvalue weighted by Gasteiger charge is 2.00. The van der Waals surface area contributed by atoms with Crippen LogP contribution in [0.1, 0.15) is 16.8 Å². The number of fused-ring (bicyclic) bond motifs is 1. The van der Waals surface area contributed by atoms with E-state index in [1.807, 2.05) is 55.5 Å². The number of aromatic nitrogens is 1. The van der Waals surface area contributed by atoms with Crippen molar-refractivity contribution in [3.63, 3.8) is 0 Å². The standard InChI is InChI=1S/C19H17NO2/c1-14-11-17-12-15(7-9-18(17)20-14)8-10-19(21)22-13-16-5-3-2-4-6-16/h2-12,20H,13H2,1H3. The number of carbonyl (C=O) groups excluding carboxylic acids is 1. The lowest BCUT2D eigenvalue weighted by Gasteiger charge is -2.01. The van der Waals surface area contributed by atoms with Crippen LogP contribution < -0.4 is 0 Å². The lowest BCUT2D eigenvalue weighted by atomic mass is 10.1. The summed E-state index contributed by atoms with van der Waals surface area (Å²) in [5.41, 5.74) is 4.18. The molecule has 3 heteroatoms. The van der Waals surface area contributed by atoms with Crippen molar-refractivity contribution >= 4 is 22.9 Å². The van der Waals surface area contributed by atoms with Gasteiger partial charge in [0.1, 0.15) is 6.61 Å². The topological polar surface area (TPSA) is 42.1 Å². The average molecular weight is 291 g/mol. The van der Waals surface area contributed by atoms with Crippen molar-refractivity contribution < 1.29 is 9.53 Å². The SMILES string of the molecule is Cc1cc2cc(C=CC(=O)OCc3ccccc3)ccc2[nH]1. The van der Waals surface area contributed by atoms with E-state index in [1.54, 1.807) is 6.08 Å². The number of benzene rings is 2. The molecule has 0 atom stereocenters. The summed E-state index contributed by atoms with van der Waals surface area (Å²) in [6.45, 7) is 2.32. The van der Waals surface area contributed by atoms with Crippen LogP contribution in [0.5, 0.6) is 0 Å². The summed E-state index contributed by atoms with van der Waals surface area (Å²) in [6.07, 6.45) is 3.23. The van der Waals surface area contributed by atoms with Gasteiger partial charge < -0.3 is 9.72 Å². The van der Waals surface area contributed by atoms with E-state index in [0.29, 0.717) is 6.61 Å². The van der Waals surface area contributed by atoms with E-state index in [1.165, 1.54) is 6.08 Å². The van der Waals surface area contributed by atoms with Crippen LogP contribution in [0.25, 0.3) is 17.0 Å². The van der Waals surface area contributed by atoms with Crippen LogP contribution in [0, 0.1) is 6.92 Å². The zero-order valence-corrected chi connectivity index (χ0v) is 12.4. The van der Waals surface area contributed by atoms with Crippen molar-refractivity contribution in [1.82, 2.24) is 4.98 Å². The molecule has 0 aliphatic carbocycles. The van der Waals surface area contributed by atoms with Crippen LogP contribution in [-0.4, -0.2) is 11.0 Å². The molecular weight excluding hydrogens is 274 g/mol. The molecule has 0 amide bonds. The Labute approximate surface area is 129 Å². The summed E-state index contributed by atoms with van der Waals surface area (Å²) >= 11 is 0. The van der Waals surface area contributed by atoms with E-state index in [9.17, 15) is 4.79 Å². The summed E-state index contributed by atoms with van der Waals surface area (Å²) < 4.78 is 5.21. The van der Waals surface area contributed by atoms with Crippen molar-refractivity contribution in [2.24, 2.45) is 0 Å². The summed E-state index contributed by atoms with van der Waals surface area (Å²) in [6, 6.07) is 17.7. The molecule has 0 aliphatic rings. The van der Waals surface area contributed by atoms with E-state index >= 15 is 0 Å². The Morgan fingerprint density at radius 3 is 2.77 bits per heavy atom. The first kappa shape index (κ1) is 14.1. The molecule has 0 saturated carbocycles. The van der Waals surface area contributed by atoms with Gasteiger partial charge in [-0.2, -0.15) is 0 Å². The normalized spacial score (nSPS) is 11.1. The minimum absolute atomic E-state index is 0.292. The van der Waals surface area contributed by atoms with Gasteiger partial charge in [-0.25, -0.2) is 4.79 Å². The highest BCUT2D eigenvalue weighted by atomic mass is 16.5. The molecule has 3 aromatic rings. The fraction of sp³-hybridized carbons (Fsp3) is 0.105. The number of hydrogen-bond acceptors (Lipinski definition) is 2. The van der Waals surface area contributed by atoms with Gasteiger partial charge in [0.2, 0.25) is 0 Å². The minimum Gasteiger partial charge on any atom is -0.458 e. The van der Waals surface area contributed by atoms with Crippen molar-refractivity contribution in [3.05, 3.63) is 77.5 Å². The minimum atomic E-state index is -0.339. The smallest absolute Gasteiger partial charge is 0.331 e. The second kappa shape index (κ2) is 6.31. The first-order valence-electron chi connectivity index (χ1n) is 7.19. The van der Waals surface area contributed by atoms with Gasteiger partial charge in [-0.1, -0.05) is 36.4 Å². The van der Waals surface area contributed by atoms with Gasteiger partial charge in [0, 0.05) is 22.7 Å². The Morgan fingerprint density at radius 1 is 1.14 bits per heavy atom. The number of nitrogens with one attached hydrogen (secondary N) is 1. The van der Waals surface area contributed by atoms with Gasteiger partial charge in [-0.15, -0.1) is 0 Å². The molecule has 0 unspecified atom stereocenters. The van der Waals surface area contributed by atoms with Crippen molar-refractivity contribution in [1.29, 1.82) is 0 Å². The van der Waals surface area contributed by atoms with Crippen LogP contribution >= 0.6 is 0 Å². The second-order valence-corrected chi connectivity index (χ2v) is 5.23. The zero-order chi connectivity index (χ0) is 15.4. The number of ether oxygens (including phenoxy) is 1. The summed E-state index contributed by atoms with van der Waals surface area (Å²) in [7, 11) is 0. The predicted octanol–water partition coefficient (Wildman–Crippen LogP) is 4.23. The van der Waals surface area contributed by atoms with Gasteiger partial charge in [0.05, 0.1) is 0 Å². The van der Waals surface area contributed by atoms with Crippen LogP contribution in [0.2, 0.25) is 0 Å². The number of aromatic amines is 1. The highest BCUT2D eigenvalue weighted by molar-refractivity contribution is 5.89. The lowest BCUT2D eigenvalue weighted by molar-refractivity contribution is -0.138. The molecule has 0 fully saturated rings. The Balaban J connectivity index is 1.63.